The zero-order chi connectivity index (χ0) is 14.4. The third-order valence-corrected chi connectivity index (χ3v) is 2.78. The van der Waals surface area contributed by atoms with Gasteiger partial charge in [0.1, 0.15) is 0 Å². The van der Waals surface area contributed by atoms with E-state index in [0.29, 0.717) is 17.8 Å². The smallest absolute Gasteiger partial charge is 0.254 e. The minimum absolute atomic E-state index is 0.0582. The Morgan fingerprint density at radius 2 is 2.05 bits per heavy atom. The number of carbonyl (C=O) groups is 2. The summed E-state index contributed by atoms with van der Waals surface area (Å²) in [6.07, 6.45) is 0.875. The van der Waals surface area contributed by atoms with Crippen LogP contribution in [-0.2, 0) is 4.79 Å². The van der Waals surface area contributed by atoms with Crippen LogP contribution in [-0.4, -0.2) is 36.9 Å². The lowest BCUT2D eigenvalue weighted by atomic mass is 10.1. The summed E-state index contributed by atoms with van der Waals surface area (Å²) in [5, 5.41) is 2.74. The Labute approximate surface area is 113 Å². The van der Waals surface area contributed by atoms with Gasteiger partial charge in [-0.2, -0.15) is 0 Å². The van der Waals surface area contributed by atoms with Gasteiger partial charge in [0.2, 0.25) is 5.91 Å². The molecule has 0 heterocycles. The summed E-state index contributed by atoms with van der Waals surface area (Å²) in [5.74, 6) is -0.324. The van der Waals surface area contributed by atoms with E-state index in [9.17, 15) is 9.59 Å². The minimum Gasteiger partial charge on any atom is -0.399 e. The number of nitrogen functional groups attached to an aromatic ring is 1. The molecule has 0 fully saturated rings. The zero-order valence-electron chi connectivity index (χ0n) is 11.7. The second-order valence-corrected chi connectivity index (χ2v) is 4.59. The van der Waals surface area contributed by atoms with Crippen LogP contribution >= 0.6 is 0 Å². The number of aryl methyl sites for hydroxylation is 1. The van der Waals surface area contributed by atoms with Gasteiger partial charge < -0.3 is 16.0 Å². The number of amides is 2. The number of anilines is 1. The molecule has 104 valence electrons. The molecule has 0 saturated carbocycles. The monoisotopic (exact) mass is 263 g/mol. The summed E-state index contributed by atoms with van der Waals surface area (Å²) in [7, 11) is 1.61. The van der Waals surface area contributed by atoms with Gasteiger partial charge in [0.15, 0.2) is 0 Å². The molecule has 0 saturated heterocycles. The molecule has 5 nitrogen and oxygen atoms in total. The highest BCUT2D eigenvalue weighted by atomic mass is 16.2. The van der Waals surface area contributed by atoms with Gasteiger partial charge in [0, 0.05) is 24.8 Å². The first-order chi connectivity index (χ1) is 8.95. The fourth-order valence-electron chi connectivity index (χ4n) is 1.74. The Kier molecular flexibility index (Phi) is 5.36. The topological polar surface area (TPSA) is 75.4 Å². The molecule has 0 aromatic heterocycles. The highest BCUT2D eigenvalue weighted by molar-refractivity contribution is 5.97. The molecule has 0 aliphatic rings. The quantitative estimate of drug-likeness (QED) is 0.783. The number of hydrogen-bond acceptors (Lipinski definition) is 3. The van der Waals surface area contributed by atoms with Gasteiger partial charge in [-0.15, -0.1) is 0 Å². The summed E-state index contributed by atoms with van der Waals surface area (Å²) in [6.45, 7) is 4.49. The standard InChI is InChI=1S/C14H21N3O2/c1-4-7-16-13(18)9-17(3)14(19)12-6-5-11(15)8-10(12)2/h5-6,8H,4,7,9,15H2,1-3H3,(H,16,18). The van der Waals surface area contributed by atoms with E-state index in [2.05, 4.69) is 5.32 Å². The van der Waals surface area contributed by atoms with Crippen LogP contribution in [0.3, 0.4) is 0 Å². The molecule has 3 N–H and O–H groups in total. The van der Waals surface area contributed by atoms with Gasteiger partial charge >= 0.3 is 0 Å². The molecule has 0 atom stereocenters. The van der Waals surface area contributed by atoms with Crippen LogP contribution in [0.4, 0.5) is 5.69 Å². The SMILES string of the molecule is CCCNC(=O)CN(C)C(=O)c1ccc(N)cc1C. The second kappa shape index (κ2) is 6.78. The molecule has 1 rings (SSSR count). The number of nitrogens with two attached hydrogens (primary N) is 1. The highest BCUT2D eigenvalue weighted by Gasteiger charge is 2.16. The van der Waals surface area contributed by atoms with Crippen molar-refractivity contribution in [2.45, 2.75) is 20.3 Å². The van der Waals surface area contributed by atoms with E-state index in [0.717, 1.165) is 12.0 Å². The average Bonchev–Trinajstić information content (AvgIpc) is 2.35. The third-order valence-electron chi connectivity index (χ3n) is 2.78. The first-order valence-electron chi connectivity index (χ1n) is 6.34. The zero-order valence-corrected chi connectivity index (χ0v) is 11.7. The molecule has 19 heavy (non-hydrogen) atoms. The summed E-state index contributed by atoms with van der Waals surface area (Å²) in [4.78, 5) is 25.2. The predicted molar refractivity (Wildman–Crippen MR) is 75.9 cm³/mol. The van der Waals surface area contributed by atoms with E-state index in [1.807, 2.05) is 13.8 Å². The highest BCUT2D eigenvalue weighted by Crippen LogP contribution is 2.14. The third kappa shape index (κ3) is 4.28. The van der Waals surface area contributed by atoms with Crippen LogP contribution < -0.4 is 11.1 Å². The molecule has 0 radical (unpaired) electrons. The largest absolute Gasteiger partial charge is 0.399 e. The van der Waals surface area contributed by atoms with Crippen molar-refractivity contribution >= 4 is 17.5 Å². The van der Waals surface area contributed by atoms with E-state index in [-0.39, 0.29) is 18.4 Å². The molecule has 1 aromatic carbocycles. The molecule has 5 heteroatoms. The van der Waals surface area contributed by atoms with Crippen molar-refractivity contribution in [3.05, 3.63) is 29.3 Å². The van der Waals surface area contributed by atoms with Gasteiger partial charge in [-0.05, 0) is 37.1 Å². The molecule has 0 spiro atoms. The van der Waals surface area contributed by atoms with E-state index in [4.69, 9.17) is 5.73 Å². The van der Waals surface area contributed by atoms with Crippen LogP contribution in [0.15, 0.2) is 18.2 Å². The summed E-state index contributed by atoms with van der Waals surface area (Å²) < 4.78 is 0. The summed E-state index contributed by atoms with van der Waals surface area (Å²) in [6, 6.07) is 5.12. The van der Waals surface area contributed by atoms with E-state index in [1.165, 1.54) is 4.90 Å². The molecular weight excluding hydrogens is 242 g/mol. The number of hydrogen-bond donors (Lipinski definition) is 2. The van der Waals surface area contributed by atoms with Gasteiger partial charge in [0.05, 0.1) is 6.54 Å². The van der Waals surface area contributed by atoms with E-state index >= 15 is 0 Å². The number of carbonyl (C=O) groups excluding carboxylic acids is 2. The number of nitrogens with one attached hydrogen (secondary N) is 1. The van der Waals surface area contributed by atoms with Crippen LogP contribution in [0.25, 0.3) is 0 Å². The Bertz CT molecular complexity index is 472. The predicted octanol–water partition coefficient (Wildman–Crippen LogP) is 1.18. The summed E-state index contributed by atoms with van der Waals surface area (Å²) >= 11 is 0. The molecule has 0 aliphatic heterocycles. The van der Waals surface area contributed by atoms with E-state index < -0.39 is 0 Å². The lowest BCUT2D eigenvalue weighted by Gasteiger charge is -2.18. The molecule has 0 bridgehead atoms. The van der Waals surface area contributed by atoms with E-state index in [1.54, 1.807) is 25.2 Å². The average molecular weight is 263 g/mol. The normalized spacial score (nSPS) is 10.1. The number of benzene rings is 1. The van der Waals surface area contributed by atoms with Gasteiger partial charge in [-0.3, -0.25) is 9.59 Å². The maximum absolute atomic E-state index is 12.2. The molecule has 0 unspecified atom stereocenters. The maximum atomic E-state index is 12.2. The summed E-state index contributed by atoms with van der Waals surface area (Å²) in [5.41, 5.74) is 7.65. The van der Waals surface area contributed by atoms with Crippen molar-refractivity contribution in [2.75, 3.05) is 25.9 Å². The van der Waals surface area contributed by atoms with Crippen molar-refractivity contribution in [1.29, 1.82) is 0 Å². The lowest BCUT2D eigenvalue weighted by molar-refractivity contribution is -0.121. The number of rotatable bonds is 5. The lowest BCUT2D eigenvalue weighted by Crippen LogP contribution is -2.38. The minimum atomic E-state index is -0.177. The van der Waals surface area contributed by atoms with Crippen LogP contribution in [0, 0.1) is 6.92 Å². The van der Waals surface area contributed by atoms with Crippen LogP contribution in [0.1, 0.15) is 29.3 Å². The van der Waals surface area contributed by atoms with Gasteiger partial charge in [-0.25, -0.2) is 0 Å². The van der Waals surface area contributed by atoms with Crippen molar-refractivity contribution < 1.29 is 9.59 Å². The Morgan fingerprint density at radius 1 is 1.37 bits per heavy atom. The number of likely N-dealkylation sites (N-methyl/N-ethyl adjacent to an activating group) is 1. The van der Waals surface area contributed by atoms with Gasteiger partial charge in [-0.1, -0.05) is 6.92 Å². The second-order valence-electron chi connectivity index (χ2n) is 4.59. The molecular formula is C14H21N3O2. The first-order valence-corrected chi connectivity index (χ1v) is 6.34. The van der Waals surface area contributed by atoms with Crippen LogP contribution in [0.5, 0.6) is 0 Å². The van der Waals surface area contributed by atoms with Crippen molar-refractivity contribution in [2.24, 2.45) is 0 Å². The fraction of sp³-hybridized carbons (Fsp3) is 0.429. The molecule has 2 amide bonds. The molecule has 1 aromatic rings. The van der Waals surface area contributed by atoms with Gasteiger partial charge in [0.25, 0.3) is 5.91 Å². The van der Waals surface area contributed by atoms with Crippen molar-refractivity contribution in [1.82, 2.24) is 10.2 Å². The Morgan fingerprint density at radius 3 is 2.63 bits per heavy atom. The Balaban J connectivity index is 2.69. The van der Waals surface area contributed by atoms with Crippen LogP contribution in [0.2, 0.25) is 0 Å². The number of nitrogens with zero attached hydrogens (tertiary/aromatic N) is 1. The van der Waals surface area contributed by atoms with Crippen molar-refractivity contribution in [3.63, 3.8) is 0 Å². The molecule has 0 aliphatic carbocycles. The Hall–Kier alpha value is -2.04. The van der Waals surface area contributed by atoms with Crippen molar-refractivity contribution in [3.8, 4) is 0 Å². The first kappa shape index (κ1) is 15.0. The maximum Gasteiger partial charge on any atom is 0.254 e. The fourth-order valence-corrected chi connectivity index (χ4v) is 1.74.